The quantitative estimate of drug-likeness (QED) is 0.906. The van der Waals surface area contributed by atoms with E-state index in [4.69, 9.17) is 5.73 Å². The van der Waals surface area contributed by atoms with Crippen LogP contribution in [-0.2, 0) is 0 Å². The maximum atomic E-state index is 14.1. The Morgan fingerprint density at radius 3 is 2.84 bits per heavy atom. The third-order valence-electron chi connectivity index (χ3n) is 3.91. The molecular formula is C15H24FN3. The molecule has 106 valence electrons. The van der Waals surface area contributed by atoms with Gasteiger partial charge >= 0.3 is 0 Å². The minimum absolute atomic E-state index is 0.153. The van der Waals surface area contributed by atoms with Crippen LogP contribution in [0, 0.1) is 11.7 Å². The van der Waals surface area contributed by atoms with Gasteiger partial charge in [0.25, 0.3) is 0 Å². The van der Waals surface area contributed by atoms with Crippen molar-refractivity contribution in [1.82, 2.24) is 4.90 Å². The second-order valence-corrected chi connectivity index (χ2v) is 5.76. The summed E-state index contributed by atoms with van der Waals surface area (Å²) in [7, 11) is 4.10. The molecule has 2 rings (SSSR count). The third-order valence-corrected chi connectivity index (χ3v) is 3.91. The van der Waals surface area contributed by atoms with Crippen molar-refractivity contribution in [3.05, 3.63) is 29.6 Å². The van der Waals surface area contributed by atoms with Crippen LogP contribution >= 0.6 is 0 Å². The van der Waals surface area contributed by atoms with Crippen LogP contribution in [0.15, 0.2) is 18.2 Å². The van der Waals surface area contributed by atoms with Crippen LogP contribution in [0.3, 0.4) is 0 Å². The van der Waals surface area contributed by atoms with Crippen molar-refractivity contribution < 1.29 is 4.39 Å². The predicted molar refractivity (Wildman–Crippen MR) is 77.9 cm³/mol. The highest BCUT2D eigenvalue weighted by atomic mass is 19.1. The van der Waals surface area contributed by atoms with E-state index < -0.39 is 0 Å². The molecule has 1 unspecified atom stereocenters. The number of benzene rings is 1. The second-order valence-electron chi connectivity index (χ2n) is 5.76. The molecule has 1 fully saturated rings. The number of halogens is 1. The van der Waals surface area contributed by atoms with E-state index in [9.17, 15) is 4.39 Å². The molecule has 2 N–H and O–H groups in total. The van der Waals surface area contributed by atoms with Crippen LogP contribution in [0.4, 0.5) is 10.1 Å². The summed E-state index contributed by atoms with van der Waals surface area (Å²) in [6, 6.07) is 5.01. The number of anilines is 1. The number of hydrogen-bond donors (Lipinski definition) is 1. The predicted octanol–water partition coefficient (Wildman–Crippen LogP) is 2.23. The van der Waals surface area contributed by atoms with E-state index >= 15 is 0 Å². The lowest BCUT2D eigenvalue weighted by Gasteiger charge is -2.27. The molecule has 1 aromatic carbocycles. The summed E-state index contributed by atoms with van der Waals surface area (Å²) >= 11 is 0. The van der Waals surface area contributed by atoms with Gasteiger partial charge in [0, 0.05) is 26.2 Å². The number of likely N-dealkylation sites (tertiary alicyclic amines) is 1. The van der Waals surface area contributed by atoms with Crippen molar-refractivity contribution in [3.8, 4) is 0 Å². The molecule has 0 spiro atoms. The zero-order valence-corrected chi connectivity index (χ0v) is 12.1. The molecule has 0 bridgehead atoms. The van der Waals surface area contributed by atoms with Gasteiger partial charge < -0.3 is 15.5 Å². The van der Waals surface area contributed by atoms with Crippen molar-refractivity contribution in [2.75, 3.05) is 38.6 Å². The molecule has 2 atom stereocenters. The summed E-state index contributed by atoms with van der Waals surface area (Å²) < 4.78 is 14.1. The van der Waals surface area contributed by atoms with Gasteiger partial charge in [-0.15, -0.1) is 0 Å². The zero-order chi connectivity index (χ0) is 14.0. The van der Waals surface area contributed by atoms with Crippen molar-refractivity contribution in [2.45, 2.75) is 19.4 Å². The van der Waals surface area contributed by atoms with Gasteiger partial charge in [0.1, 0.15) is 5.82 Å². The monoisotopic (exact) mass is 265 g/mol. The number of hydrogen-bond acceptors (Lipinski definition) is 3. The molecule has 0 amide bonds. The molecule has 19 heavy (non-hydrogen) atoms. The van der Waals surface area contributed by atoms with Gasteiger partial charge in [0.05, 0.1) is 5.69 Å². The minimum Gasteiger partial charge on any atom is -0.372 e. The minimum atomic E-state index is -0.177. The van der Waals surface area contributed by atoms with E-state index in [-0.39, 0.29) is 11.9 Å². The van der Waals surface area contributed by atoms with E-state index in [1.807, 2.05) is 24.9 Å². The number of rotatable bonds is 4. The molecule has 1 aromatic rings. The van der Waals surface area contributed by atoms with E-state index in [0.29, 0.717) is 11.6 Å². The summed E-state index contributed by atoms with van der Waals surface area (Å²) in [5.41, 5.74) is 7.49. The highest BCUT2D eigenvalue weighted by molar-refractivity contribution is 5.55. The van der Waals surface area contributed by atoms with Gasteiger partial charge in [-0.05, 0) is 44.5 Å². The smallest absolute Gasteiger partial charge is 0.146 e. The van der Waals surface area contributed by atoms with Gasteiger partial charge in [-0.25, -0.2) is 4.39 Å². The van der Waals surface area contributed by atoms with Gasteiger partial charge in [-0.2, -0.15) is 0 Å². The lowest BCUT2D eigenvalue weighted by Crippen LogP contribution is -2.29. The first-order valence-electron chi connectivity index (χ1n) is 6.92. The fourth-order valence-corrected chi connectivity index (χ4v) is 2.96. The van der Waals surface area contributed by atoms with Gasteiger partial charge in [0.15, 0.2) is 0 Å². The highest BCUT2D eigenvalue weighted by Gasteiger charge is 2.23. The summed E-state index contributed by atoms with van der Waals surface area (Å²) in [6.07, 6.45) is 1.18. The van der Waals surface area contributed by atoms with Crippen molar-refractivity contribution >= 4 is 5.69 Å². The molecule has 1 saturated heterocycles. The highest BCUT2D eigenvalue weighted by Crippen LogP contribution is 2.29. The normalized spacial score (nSPS) is 21.6. The van der Waals surface area contributed by atoms with E-state index in [2.05, 4.69) is 11.9 Å². The first-order chi connectivity index (χ1) is 8.99. The molecule has 1 heterocycles. The standard InChI is InChI=1S/C15H24FN3/c1-11(17)13-5-4-6-14(16)15(13)19(3)10-12-7-8-18(2)9-12/h4-6,11-12H,7-10,17H2,1-3H3/t11-,12?/m1/s1. The fourth-order valence-electron chi connectivity index (χ4n) is 2.96. The van der Waals surface area contributed by atoms with Gasteiger partial charge in [-0.1, -0.05) is 12.1 Å². The number of para-hydroxylation sites is 1. The average Bonchev–Trinajstić information content (AvgIpc) is 2.74. The van der Waals surface area contributed by atoms with Crippen LogP contribution in [0.5, 0.6) is 0 Å². The Hall–Kier alpha value is -1.13. The summed E-state index contributed by atoms with van der Waals surface area (Å²) in [5, 5.41) is 0. The van der Waals surface area contributed by atoms with E-state index in [1.165, 1.54) is 12.5 Å². The molecule has 0 saturated carbocycles. The molecule has 4 heteroatoms. The Morgan fingerprint density at radius 1 is 1.53 bits per heavy atom. The third kappa shape index (κ3) is 3.25. The number of nitrogens with zero attached hydrogens (tertiary/aromatic N) is 2. The Labute approximate surface area is 115 Å². The first-order valence-corrected chi connectivity index (χ1v) is 6.92. The van der Waals surface area contributed by atoms with Crippen LogP contribution in [0.2, 0.25) is 0 Å². The molecular weight excluding hydrogens is 241 g/mol. The molecule has 0 aromatic heterocycles. The fraction of sp³-hybridized carbons (Fsp3) is 0.600. The lowest BCUT2D eigenvalue weighted by molar-refractivity contribution is 0.395. The average molecular weight is 265 g/mol. The largest absolute Gasteiger partial charge is 0.372 e. The number of nitrogens with two attached hydrogens (primary N) is 1. The molecule has 0 aliphatic carbocycles. The van der Waals surface area contributed by atoms with Gasteiger partial charge in [0.2, 0.25) is 0 Å². The van der Waals surface area contributed by atoms with E-state index in [0.717, 1.165) is 25.2 Å². The van der Waals surface area contributed by atoms with Crippen LogP contribution < -0.4 is 10.6 Å². The summed E-state index contributed by atoms with van der Waals surface area (Å²) in [6.45, 7) is 5.00. The van der Waals surface area contributed by atoms with Crippen LogP contribution in [0.1, 0.15) is 24.9 Å². The molecule has 1 aliphatic rings. The Bertz CT molecular complexity index is 433. The van der Waals surface area contributed by atoms with Crippen molar-refractivity contribution in [1.29, 1.82) is 0 Å². The lowest BCUT2D eigenvalue weighted by atomic mass is 10.0. The maximum Gasteiger partial charge on any atom is 0.146 e. The Morgan fingerprint density at radius 2 is 2.26 bits per heavy atom. The second kappa shape index (κ2) is 5.88. The maximum absolute atomic E-state index is 14.1. The van der Waals surface area contributed by atoms with Crippen LogP contribution in [-0.4, -0.2) is 38.6 Å². The first kappa shape index (κ1) is 14.3. The zero-order valence-electron chi connectivity index (χ0n) is 12.1. The Balaban J connectivity index is 2.16. The topological polar surface area (TPSA) is 32.5 Å². The molecule has 1 aliphatic heterocycles. The summed E-state index contributed by atoms with van der Waals surface area (Å²) in [5.74, 6) is 0.430. The SMILES string of the molecule is C[C@@H](N)c1cccc(F)c1N(C)CC1CCN(C)C1. The van der Waals surface area contributed by atoms with Crippen molar-refractivity contribution in [2.24, 2.45) is 11.7 Å². The molecule has 0 radical (unpaired) electrons. The van der Waals surface area contributed by atoms with Gasteiger partial charge in [-0.3, -0.25) is 0 Å². The van der Waals surface area contributed by atoms with E-state index in [1.54, 1.807) is 6.07 Å². The Kier molecular flexibility index (Phi) is 4.42. The van der Waals surface area contributed by atoms with Crippen LogP contribution in [0.25, 0.3) is 0 Å². The van der Waals surface area contributed by atoms with Crippen molar-refractivity contribution in [3.63, 3.8) is 0 Å². The molecule has 3 nitrogen and oxygen atoms in total. The summed E-state index contributed by atoms with van der Waals surface area (Å²) in [4.78, 5) is 4.35.